The van der Waals surface area contributed by atoms with Gasteiger partial charge in [-0.15, -0.1) is 0 Å². The Balaban J connectivity index is 1.60. The van der Waals surface area contributed by atoms with Crippen LogP contribution in [0.3, 0.4) is 0 Å². The van der Waals surface area contributed by atoms with E-state index in [1.807, 2.05) is 6.07 Å². The maximum absolute atomic E-state index is 11.9. The van der Waals surface area contributed by atoms with Crippen LogP contribution >= 0.6 is 0 Å². The van der Waals surface area contributed by atoms with E-state index in [-0.39, 0.29) is 12.7 Å². The molecule has 1 aliphatic rings. The Morgan fingerprint density at radius 3 is 2.79 bits per heavy atom. The Morgan fingerprint density at radius 2 is 2.04 bits per heavy atom. The summed E-state index contributed by atoms with van der Waals surface area (Å²) >= 11 is 0. The van der Waals surface area contributed by atoms with Crippen molar-refractivity contribution in [2.24, 2.45) is 0 Å². The number of benzene rings is 1. The Labute approximate surface area is 137 Å². The van der Waals surface area contributed by atoms with Gasteiger partial charge in [0.2, 0.25) is 0 Å². The van der Waals surface area contributed by atoms with Gasteiger partial charge in [0.05, 0.1) is 11.7 Å². The highest BCUT2D eigenvalue weighted by atomic mass is 16.6. The summed E-state index contributed by atoms with van der Waals surface area (Å²) in [6.07, 6.45) is 2.02. The third-order valence-electron chi connectivity index (χ3n) is 3.95. The van der Waals surface area contributed by atoms with E-state index in [1.54, 1.807) is 31.2 Å². The molecule has 0 aliphatic carbocycles. The summed E-state index contributed by atoms with van der Waals surface area (Å²) in [4.78, 5) is 37.5. The molecule has 24 heavy (non-hydrogen) atoms. The third-order valence-corrected chi connectivity index (χ3v) is 3.95. The van der Waals surface area contributed by atoms with Gasteiger partial charge in [-0.3, -0.25) is 14.3 Å². The highest BCUT2D eigenvalue weighted by molar-refractivity contribution is 5.89. The van der Waals surface area contributed by atoms with Gasteiger partial charge in [-0.05, 0) is 31.9 Å². The maximum atomic E-state index is 11.9. The lowest BCUT2D eigenvalue weighted by molar-refractivity contribution is -0.0340. The number of aromatic nitrogens is 2. The molecule has 2 atom stereocenters. The molecule has 1 aliphatic heterocycles. The first kappa shape index (κ1) is 16.2. The molecule has 1 saturated heterocycles. The van der Waals surface area contributed by atoms with Crippen molar-refractivity contribution in [3.63, 3.8) is 0 Å². The first-order valence-corrected chi connectivity index (χ1v) is 7.74. The number of nitrogens with one attached hydrogen (secondary N) is 1. The topological polar surface area (TPSA) is 90.4 Å². The molecule has 1 N–H and O–H groups in total. The average Bonchev–Trinajstić information content (AvgIpc) is 3.05. The zero-order chi connectivity index (χ0) is 17.1. The molecule has 0 radical (unpaired) electrons. The molecule has 0 bridgehead atoms. The summed E-state index contributed by atoms with van der Waals surface area (Å²) in [5, 5.41) is 0. The fourth-order valence-corrected chi connectivity index (χ4v) is 2.64. The second kappa shape index (κ2) is 6.84. The summed E-state index contributed by atoms with van der Waals surface area (Å²) in [5.74, 6) is -0.403. The molecule has 0 spiro atoms. The molecule has 1 aromatic heterocycles. The number of H-pyrrole nitrogens is 1. The molecule has 0 amide bonds. The SMILES string of the molecule is Cc1cn(C2CCC(COC(=O)c3ccccc3)O2)c(=O)[nH]c1=O. The number of carbonyl (C=O) groups is 1. The summed E-state index contributed by atoms with van der Waals surface area (Å²) in [6.45, 7) is 1.75. The number of hydrogen-bond donors (Lipinski definition) is 1. The van der Waals surface area contributed by atoms with E-state index in [2.05, 4.69) is 4.98 Å². The number of aromatic amines is 1. The van der Waals surface area contributed by atoms with Crippen LogP contribution in [0.1, 0.15) is 35.0 Å². The van der Waals surface area contributed by atoms with Crippen molar-refractivity contribution >= 4 is 5.97 Å². The number of rotatable bonds is 4. The van der Waals surface area contributed by atoms with Crippen LogP contribution in [0.5, 0.6) is 0 Å². The molecular weight excluding hydrogens is 312 g/mol. The normalized spacial score (nSPS) is 20.0. The van der Waals surface area contributed by atoms with E-state index in [9.17, 15) is 14.4 Å². The number of hydrogen-bond acceptors (Lipinski definition) is 5. The summed E-state index contributed by atoms with van der Waals surface area (Å²) < 4.78 is 12.4. The van der Waals surface area contributed by atoms with E-state index in [4.69, 9.17) is 9.47 Å². The van der Waals surface area contributed by atoms with Crippen LogP contribution in [0.4, 0.5) is 0 Å². The molecule has 7 nitrogen and oxygen atoms in total. The van der Waals surface area contributed by atoms with Crippen LogP contribution in [0.2, 0.25) is 0 Å². The predicted molar refractivity (Wildman–Crippen MR) is 85.9 cm³/mol. The van der Waals surface area contributed by atoms with Crippen molar-refractivity contribution in [2.75, 3.05) is 6.61 Å². The highest BCUT2D eigenvalue weighted by Gasteiger charge is 2.28. The number of aryl methyl sites for hydroxylation is 1. The average molecular weight is 330 g/mol. The number of esters is 1. The van der Waals surface area contributed by atoms with Crippen LogP contribution < -0.4 is 11.2 Å². The van der Waals surface area contributed by atoms with Crippen molar-refractivity contribution in [2.45, 2.75) is 32.1 Å². The van der Waals surface area contributed by atoms with E-state index in [0.29, 0.717) is 24.0 Å². The highest BCUT2D eigenvalue weighted by Crippen LogP contribution is 2.27. The monoisotopic (exact) mass is 330 g/mol. The molecule has 7 heteroatoms. The Hall–Kier alpha value is -2.67. The Kier molecular flexibility index (Phi) is 4.61. The van der Waals surface area contributed by atoms with Gasteiger partial charge in [-0.1, -0.05) is 18.2 Å². The van der Waals surface area contributed by atoms with Crippen LogP contribution in [-0.4, -0.2) is 28.2 Å². The summed E-state index contributed by atoms with van der Waals surface area (Å²) in [6, 6.07) is 8.73. The van der Waals surface area contributed by atoms with Gasteiger partial charge in [-0.2, -0.15) is 0 Å². The molecular formula is C17H18N2O5. The van der Waals surface area contributed by atoms with Crippen LogP contribution in [0, 0.1) is 6.92 Å². The van der Waals surface area contributed by atoms with Gasteiger partial charge in [-0.25, -0.2) is 9.59 Å². The van der Waals surface area contributed by atoms with Gasteiger partial charge in [0.15, 0.2) is 0 Å². The van der Waals surface area contributed by atoms with Crippen molar-refractivity contribution in [3.8, 4) is 0 Å². The van der Waals surface area contributed by atoms with Crippen molar-refractivity contribution < 1.29 is 14.3 Å². The van der Waals surface area contributed by atoms with Crippen LogP contribution in [-0.2, 0) is 9.47 Å². The Bertz CT molecular complexity index is 840. The number of nitrogens with zero attached hydrogens (tertiary/aromatic N) is 1. The fraction of sp³-hybridized carbons (Fsp3) is 0.353. The summed E-state index contributed by atoms with van der Waals surface area (Å²) in [7, 11) is 0. The number of ether oxygens (including phenoxy) is 2. The van der Waals surface area contributed by atoms with E-state index in [0.717, 1.165) is 0 Å². The molecule has 0 saturated carbocycles. The Morgan fingerprint density at radius 1 is 1.29 bits per heavy atom. The van der Waals surface area contributed by atoms with Gasteiger partial charge >= 0.3 is 11.7 Å². The molecule has 126 valence electrons. The molecule has 2 aromatic rings. The number of carbonyl (C=O) groups excluding carboxylic acids is 1. The van der Waals surface area contributed by atoms with Crippen molar-refractivity contribution in [3.05, 3.63) is 68.5 Å². The zero-order valence-electron chi connectivity index (χ0n) is 13.2. The largest absolute Gasteiger partial charge is 0.459 e. The minimum absolute atomic E-state index is 0.126. The van der Waals surface area contributed by atoms with Crippen LogP contribution in [0.25, 0.3) is 0 Å². The standard InChI is InChI=1S/C17H18N2O5/c1-11-9-19(17(22)18-15(11)20)14-8-7-13(24-14)10-23-16(21)12-5-3-2-4-6-12/h2-6,9,13-14H,7-8,10H2,1H3,(H,18,20,22). The molecule has 1 fully saturated rings. The van der Waals surface area contributed by atoms with Gasteiger partial charge < -0.3 is 9.47 Å². The van der Waals surface area contributed by atoms with Crippen molar-refractivity contribution in [1.29, 1.82) is 0 Å². The van der Waals surface area contributed by atoms with E-state index >= 15 is 0 Å². The van der Waals surface area contributed by atoms with E-state index < -0.39 is 23.4 Å². The second-order valence-electron chi connectivity index (χ2n) is 5.73. The van der Waals surface area contributed by atoms with Gasteiger partial charge in [0.1, 0.15) is 12.8 Å². The lowest BCUT2D eigenvalue weighted by Crippen LogP contribution is -2.33. The first-order chi connectivity index (χ1) is 11.5. The van der Waals surface area contributed by atoms with Gasteiger partial charge in [0, 0.05) is 11.8 Å². The fourth-order valence-electron chi connectivity index (χ4n) is 2.64. The zero-order valence-corrected chi connectivity index (χ0v) is 13.2. The first-order valence-electron chi connectivity index (χ1n) is 7.74. The quantitative estimate of drug-likeness (QED) is 0.855. The lowest BCUT2D eigenvalue weighted by Gasteiger charge is -2.16. The minimum atomic E-state index is -0.502. The molecule has 3 rings (SSSR count). The minimum Gasteiger partial charge on any atom is -0.459 e. The smallest absolute Gasteiger partial charge is 0.338 e. The van der Waals surface area contributed by atoms with Crippen molar-refractivity contribution in [1.82, 2.24) is 9.55 Å². The molecule has 2 heterocycles. The predicted octanol–water partition coefficient (Wildman–Crippen LogP) is 1.38. The third kappa shape index (κ3) is 3.46. The van der Waals surface area contributed by atoms with E-state index in [1.165, 1.54) is 10.8 Å². The maximum Gasteiger partial charge on any atom is 0.338 e. The second-order valence-corrected chi connectivity index (χ2v) is 5.73. The molecule has 1 aromatic carbocycles. The summed E-state index contributed by atoms with van der Waals surface area (Å²) in [5.41, 5.74) is 0.0248. The van der Waals surface area contributed by atoms with Crippen LogP contribution in [0.15, 0.2) is 46.1 Å². The lowest BCUT2D eigenvalue weighted by atomic mass is 10.2. The van der Waals surface area contributed by atoms with Gasteiger partial charge in [0.25, 0.3) is 5.56 Å². The molecule has 2 unspecified atom stereocenters.